The largest absolute Gasteiger partial charge is 0.437 e. The zero-order chi connectivity index (χ0) is 18.9. The van der Waals surface area contributed by atoms with Crippen molar-refractivity contribution < 1.29 is 22.7 Å². The van der Waals surface area contributed by atoms with Gasteiger partial charge in [-0.3, -0.25) is 4.90 Å². The van der Waals surface area contributed by atoms with Crippen molar-refractivity contribution in [2.75, 3.05) is 26.2 Å². The number of ether oxygens (including phenoxy) is 1. The number of nitrogens with zero attached hydrogens (tertiary/aromatic N) is 2. The molecule has 2 fully saturated rings. The number of amides is 1. The van der Waals surface area contributed by atoms with Gasteiger partial charge < -0.3 is 9.64 Å². The van der Waals surface area contributed by atoms with Crippen molar-refractivity contribution in [1.82, 2.24) is 9.80 Å². The number of alkyl halides is 3. The number of carbonyl (C=O) groups is 1. The molecule has 0 bridgehead atoms. The molecule has 1 amide bonds. The topological polar surface area (TPSA) is 32.8 Å². The van der Waals surface area contributed by atoms with E-state index in [-0.39, 0.29) is 5.41 Å². The van der Waals surface area contributed by atoms with Crippen molar-refractivity contribution in [2.24, 2.45) is 5.41 Å². The number of carbonyl (C=O) groups excluding carboxylic acids is 1. The lowest BCUT2D eigenvalue weighted by Gasteiger charge is -2.53. The molecular formula is C18H22ClF3N2O2. The van der Waals surface area contributed by atoms with E-state index in [9.17, 15) is 18.0 Å². The van der Waals surface area contributed by atoms with E-state index < -0.39 is 18.4 Å². The van der Waals surface area contributed by atoms with Crippen LogP contribution in [0.3, 0.4) is 0 Å². The zero-order valence-corrected chi connectivity index (χ0v) is 15.3. The Morgan fingerprint density at radius 1 is 1.23 bits per heavy atom. The van der Waals surface area contributed by atoms with Gasteiger partial charge in [-0.25, -0.2) is 4.79 Å². The molecule has 0 saturated carbocycles. The quantitative estimate of drug-likeness (QED) is 0.770. The highest BCUT2D eigenvalue weighted by Gasteiger charge is 2.48. The summed E-state index contributed by atoms with van der Waals surface area (Å²) in [5.74, 6) is 0. The molecule has 1 aromatic carbocycles. The van der Waals surface area contributed by atoms with Gasteiger partial charge in [0, 0.05) is 30.1 Å². The molecule has 1 unspecified atom stereocenters. The van der Waals surface area contributed by atoms with Crippen LogP contribution in [0.15, 0.2) is 24.3 Å². The van der Waals surface area contributed by atoms with Crippen LogP contribution in [-0.2, 0) is 11.3 Å². The minimum Gasteiger partial charge on any atom is -0.437 e. The summed E-state index contributed by atoms with van der Waals surface area (Å²) in [6.45, 7) is 4.47. The van der Waals surface area contributed by atoms with Gasteiger partial charge in [0.05, 0.1) is 0 Å². The molecule has 0 aromatic heterocycles. The first-order valence-electron chi connectivity index (χ1n) is 8.66. The van der Waals surface area contributed by atoms with Crippen LogP contribution in [0, 0.1) is 5.41 Å². The minimum absolute atomic E-state index is 0.0248. The molecule has 1 atom stereocenters. The fraction of sp³-hybridized carbons (Fsp3) is 0.611. The molecular weight excluding hydrogens is 369 g/mol. The van der Waals surface area contributed by atoms with E-state index in [0.717, 1.165) is 39.4 Å². The monoisotopic (exact) mass is 390 g/mol. The van der Waals surface area contributed by atoms with E-state index in [0.29, 0.717) is 18.1 Å². The van der Waals surface area contributed by atoms with Crippen molar-refractivity contribution in [1.29, 1.82) is 0 Å². The number of hydrogen-bond acceptors (Lipinski definition) is 3. The van der Waals surface area contributed by atoms with E-state index in [1.165, 1.54) is 10.5 Å². The molecule has 1 spiro atoms. The molecule has 26 heavy (non-hydrogen) atoms. The molecule has 8 heteroatoms. The Bertz CT molecular complexity index is 635. The Morgan fingerprint density at radius 3 is 2.35 bits per heavy atom. The van der Waals surface area contributed by atoms with Crippen molar-refractivity contribution in [3.63, 3.8) is 0 Å². The predicted octanol–water partition coefficient (Wildman–Crippen LogP) is 4.33. The first-order chi connectivity index (χ1) is 12.2. The van der Waals surface area contributed by atoms with Gasteiger partial charge in [-0.05, 0) is 50.6 Å². The second-order valence-corrected chi connectivity index (χ2v) is 7.76. The summed E-state index contributed by atoms with van der Waals surface area (Å²) in [6, 6.07) is 7.77. The third-order valence-corrected chi connectivity index (χ3v) is 5.54. The van der Waals surface area contributed by atoms with E-state index in [4.69, 9.17) is 11.6 Å². The van der Waals surface area contributed by atoms with E-state index in [1.807, 2.05) is 24.3 Å². The number of piperidine rings is 1. The summed E-state index contributed by atoms with van der Waals surface area (Å²) in [5.41, 5.74) is 1.22. The van der Waals surface area contributed by atoms with E-state index in [1.54, 1.807) is 0 Å². The van der Waals surface area contributed by atoms with Gasteiger partial charge in [-0.2, -0.15) is 13.2 Å². The molecule has 144 valence electrons. The molecule has 2 aliphatic rings. The van der Waals surface area contributed by atoms with Gasteiger partial charge in [0.15, 0.2) is 6.10 Å². The van der Waals surface area contributed by atoms with Crippen molar-refractivity contribution in [3.05, 3.63) is 34.9 Å². The highest BCUT2D eigenvalue weighted by atomic mass is 35.5. The van der Waals surface area contributed by atoms with Crippen molar-refractivity contribution >= 4 is 17.7 Å². The van der Waals surface area contributed by atoms with Crippen LogP contribution >= 0.6 is 11.6 Å². The Balaban J connectivity index is 1.43. The maximum absolute atomic E-state index is 12.5. The highest BCUT2D eigenvalue weighted by Crippen LogP contribution is 2.41. The standard InChI is InChI=1S/C18H22ClF3N2O2/c1-13(18(20,21)22)26-16(25)24-11-17(12-24)6-8-23(9-7-17)10-14-2-4-15(19)5-3-14/h2-5,13H,6-12H2,1H3. The first kappa shape index (κ1) is 19.3. The maximum atomic E-state index is 12.5. The summed E-state index contributed by atoms with van der Waals surface area (Å²) >= 11 is 5.90. The van der Waals surface area contributed by atoms with Gasteiger partial charge in [0.1, 0.15) is 0 Å². The summed E-state index contributed by atoms with van der Waals surface area (Å²) in [7, 11) is 0. The third-order valence-electron chi connectivity index (χ3n) is 5.29. The molecule has 2 aliphatic heterocycles. The fourth-order valence-electron chi connectivity index (χ4n) is 3.53. The summed E-state index contributed by atoms with van der Waals surface area (Å²) in [5, 5.41) is 0.715. The van der Waals surface area contributed by atoms with Crippen molar-refractivity contribution in [3.8, 4) is 0 Å². The molecule has 2 heterocycles. The van der Waals surface area contributed by atoms with Gasteiger partial charge in [0.2, 0.25) is 0 Å². The van der Waals surface area contributed by atoms with Crippen LogP contribution < -0.4 is 0 Å². The highest BCUT2D eigenvalue weighted by molar-refractivity contribution is 6.30. The lowest BCUT2D eigenvalue weighted by Crippen LogP contribution is -2.62. The smallest absolute Gasteiger partial charge is 0.425 e. The van der Waals surface area contributed by atoms with Crippen LogP contribution in [0.25, 0.3) is 0 Å². The lowest BCUT2D eigenvalue weighted by atomic mass is 9.72. The van der Waals surface area contributed by atoms with Crippen LogP contribution in [0.4, 0.5) is 18.0 Å². The predicted molar refractivity (Wildman–Crippen MR) is 92.0 cm³/mol. The average Bonchev–Trinajstić information content (AvgIpc) is 2.54. The summed E-state index contributed by atoms with van der Waals surface area (Å²) in [4.78, 5) is 15.5. The first-order valence-corrected chi connectivity index (χ1v) is 9.04. The van der Waals surface area contributed by atoms with Gasteiger partial charge >= 0.3 is 12.3 Å². The SMILES string of the molecule is CC(OC(=O)N1CC2(CCN(Cc3ccc(Cl)cc3)CC2)C1)C(F)(F)F. The minimum atomic E-state index is -4.52. The van der Waals surface area contributed by atoms with Crippen LogP contribution in [0.2, 0.25) is 5.02 Å². The Kier molecular flexibility index (Phi) is 5.40. The van der Waals surface area contributed by atoms with Crippen molar-refractivity contribution in [2.45, 2.75) is 38.6 Å². The second-order valence-electron chi connectivity index (χ2n) is 7.33. The number of halogens is 4. The van der Waals surface area contributed by atoms with Gasteiger partial charge in [-0.1, -0.05) is 23.7 Å². The third kappa shape index (κ3) is 4.43. The molecule has 3 rings (SSSR count). The van der Waals surface area contributed by atoms with Crippen LogP contribution in [0.1, 0.15) is 25.3 Å². The fourth-order valence-corrected chi connectivity index (χ4v) is 3.66. The Hall–Kier alpha value is -1.47. The maximum Gasteiger partial charge on any atom is 0.425 e. The second kappa shape index (κ2) is 7.27. The van der Waals surface area contributed by atoms with E-state index in [2.05, 4.69) is 9.64 Å². The number of hydrogen-bond donors (Lipinski definition) is 0. The number of rotatable bonds is 3. The molecule has 1 aromatic rings. The van der Waals surface area contributed by atoms with Crippen LogP contribution in [-0.4, -0.2) is 54.4 Å². The normalized spacial score (nSPS) is 21.3. The molecule has 4 nitrogen and oxygen atoms in total. The molecule has 0 radical (unpaired) electrons. The van der Waals surface area contributed by atoms with Crippen LogP contribution in [0.5, 0.6) is 0 Å². The Morgan fingerprint density at radius 2 is 1.81 bits per heavy atom. The molecule has 0 aliphatic carbocycles. The number of benzene rings is 1. The zero-order valence-electron chi connectivity index (χ0n) is 14.6. The van der Waals surface area contributed by atoms with Gasteiger partial charge in [-0.15, -0.1) is 0 Å². The number of likely N-dealkylation sites (tertiary alicyclic amines) is 2. The van der Waals surface area contributed by atoms with E-state index >= 15 is 0 Å². The van der Waals surface area contributed by atoms with Gasteiger partial charge in [0.25, 0.3) is 0 Å². The molecule has 0 N–H and O–H groups in total. The molecule has 2 saturated heterocycles. The summed E-state index contributed by atoms with van der Waals surface area (Å²) < 4.78 is 41.9. The summed E-state index contributed by atoms with van der Waals surface area (Å²) in [6.07, 6.45) is -5.61. The Labute approximate surface area is 155 Å². The lowest BCUT2D eigenvalue weighted by molar-refractivity contribution is -0.202. The average molecular weight is 391 g/mol.